The third-order valence-corrected chi connectivity index (χ3v) is 1.87. The number of hydrogen-bond acceptors (Lipinski definition) is 3. The molecular formula is C10H10O3. The molecule has 13 heavy (non-hydrogen) atoms. The second-order valence-electron chi connectivity index (χ2n) is 2.76. The first-order chi connectivity index (χ1) is 6.20. The van der Waals surface area contributed by atoms with E-state index < -0.39 is 6.10 Å². The third kappa shape index (κ3) is 1.81. The van der Waals surface area contributed by atoms with Crippen LogP contribution in [0.3, 0.4) is 0 Å². The molecule has 0 aliphatic heterocycles. The van der Waals surface area contributed by atoms with Gasteiger partial charge in [0.2, 0.25) is 0 Å². The molecule has 1 rings (SSSR count). The molecule has 0 amide bonds. The molecule has 1 aromatic carbocycles. The van der Waals surface area contributed by atoms with Crippen LogP contribution < -0.4 is 0 Å². The van der Waals surface area contributed by atoms with Crippen molar-refractivity contribution in [2.75, 3.05) is 0 Å². The van der Waals surface area contributed by atoms with Crippen LogP contribution >= 0.6 is 0 Å². The second-order valence-corrected chi connectivity index (χ2v) is 2.76. The minimum absolute atomic E-state index is 0.271. The minimum Gasteiger partial charge on any atom is -0.389 e. The molecule has 0 saturated heterocycles. The molecule has 3 nitrogen and oxygen atoms in total. The van der Waals surface area contributed by atoms with Gasteiger partial charge in [0, 0.05) is 11.1 Å². The van der Waals surface area contributed by atoms with Gasteiger partial charge < -0.3 is 5.11 Å². The number of benzene rings is 1. The van der Waals surface area contributed by atoms with Crippen LogP contribution in [-0.2, 0) is 0 Å². The van der Waals surface area contributed by atoms with Gasteiger partial charge in [-0.25, -0.2) is 0 Å². The van der Waals surface area contributed by atoms with Crippen molar-refractivity contribution in [3.8, 4) is 0 Å². The van der Waals surface area contributed by atoms with Crippen LogP contribution in [0, 0.1) is 0 Å². The number of aliphatic hydroxyl groups excluding tert-OH is 1. The number of aldehydes is 2. The zero-order chi connectivity index (χ0) is 9.84. The number of carbonyl (C=O) groups excluding carboxylic acids is 2. The first-order valence-electron chi connectivity index (χ1n) is 3.92. The van der Waals surface area contributed by atoms with Crippen molar-refractivity contribution >= 4 is 12.6 Å². The van der Waals surface area contributed by atoms with Crippen molar-refractivity contribution in [3.63, 3.8) is 0 Å². The summed E-state index contributed by atoms with van der Waals surface area (Å²) >= 11 is 0. The highest BCUT2D eigenvalue weighted by molar-refractivity contribution is 5.91. The lowest BCUT2D eigenvalue weighted by molar-refractivity contribution is 0.109. The molecule has 0 aliphatic rings. The Morgan fingerprint density at radius 2 is 2.00 bits per heavy atom. The predicted octanol–water partition coefficient (Wildman–Crippen LogP) is 1.36. The molecule has 3 heteroatoms. The van der Waals surface area contributed by atoms with Gasteiger partial charge >= 0.3 is 0 Å². The molecule has 0 radical (unpaired) electrons. The Morgan fingerprint density at radius 1 is 1.31 bits per heavy atom. The number of carbonyl (C=O) groups is 2. The van der Waals surface area contributed by atoms with Crippen LogP contribution in [0.4, 0.5) is 0 Å². The third-order valence-electron chi connectivity index (χ3n) is 1.87. The number of rotatable bonds is 3. The summed E-state index contributed by atoms with van der Waals surface area (Å²) in [6, 6.07) is 4.81. The van der Waals surface area contributed by atoms with Crippen LogP contribution in [0.2, 0.25) is 0 Å². The van der Waals surface area contributed by atoms with Gasteiger partial charge in [-0.1, -0.05) is 18.2 Å². The van der Waals surface area contributed by atoms with E-state index in [9.17, 15) is 14.7 Å². The Morgan fingerprint density at radius 3 is 2.46 bits per heavy atom. The van der Waals surface area contributed by atoms with Gasteiger partial charge in [0.1, 0.15) is 0 Å². The summed E-state index contributed by atoms with van der Waals surface area (Å²) < 4.78 is 0. The van der Waals surface area contributed by atoms with Crippen molar-refractivity contribution in [3.05, 3.63) is 34.9 Å². The molecule has 0 aliphatic carbocycles. The van der Waals surface area contributed by atoms with Crippen LogP contribution in [-0.4, -0.2) is 17.7 Å². The van der Waals surface area contributed by atoms with Crippen molar-refractivity contribution in [2.24, 2.45) is 0 Å². The summed E-state index contributed by atoms with van der Waals surface area (Å²) in [6.07, 6.45) is 0.460. The van der Waals surface area contributed by atoms with E-state index in [0.29, 0.717) is 23.7 Å². The highest BCUT2D eigenvalue weighted by Crippen LogP contribution is 2.18. The Balaban J connectivity index is 3.35. The Hall–Kier alpha value is -1.48. The lowest BCUT2D eigenvalue weighted by Crippen LogP contribution is -2.01. The molecule has 1 unspecified atom stereocenters. The van der Waals surface area contributed by atoms with E-state index in [4.69, 9.17) is 0 Å². The monoisotopic (exact) mass is 178 g/mol. The maximum atomic E-state index is 10.6. The molecule has 1 N–H and O–H groups in total. The molecule has 1 aromatic rings. The quantitative estimate of drug-likeness (QED) is 0.711. The molecule has 0 spiro atoms. The van der Waals surface area contributed by atoms with E-state index in [-0.39, 0.29) is 5.56 Å². The molecule has 0 saturated carbocycles. The summed E-state index contributed by atoms with van der Waals surface area (Å²) in [5, 5.41) is 9.28. The molecular weight excluding hydrogens is 168 g/mol. The molecule has 0 aromatic heterocycles. The zero-order valence-corrected chi connectivity index (χ0v) is 7.23. The van der Waals surface area contributed by atoms with Crippen LogP contribution in [0.1, 0.15) is 39.3 Å². The maximum Gasteiger partial charge on any atom is 0.151 e. The Labute approximate surface area is 76.0 Å². The van der Waals surface area contributed by atoms with Crippen molar-refractivity contribution < 1.29 is 14.7 Å². The van der Waals surface area contributed by atoms with Gasteiger partial charge in [0.25, 0.3) is 0 Å². The average molecular weight is 178 g/mol. The molecule has 1 atom stereocenters. The van der Waals surface area contributed by atoms with Gasteiger partial charge in [0.15, 0.2) is 12.6 Å². The van der Waals surface area contributed by atoms with Gasteiger partial charge in [0.05, 0.1) is 6.10 Å². The highest BCUT2D eigenvalue weighted by atomic mass is 16.3. The summed E-state index contributed by atoms with van der Waals surface area (Å²) in [6.45, 7) is 1.55. The normalized spacial score (nSPS) is 12.2. The second kappa shape index (κ2) is 3.96. The fourth-order valence-corrected chi connectivity index (χ4v) is 1.20. The van der Waals surface area contributed by atoms with Gasteiger partial charge in [-0.2, -0.15) is 0 Å². The fourth-order valence-electron chi connectivity index (χ4n) is 1.20. The van der Waals surface area contributed by atoms with E-state index in [0.717, 1.165) is 0 Å². The van der Waals surface area contributed by atoms with Gasteiger partial charge in [-0.3, -0.25) is 9.59 Å². The van der Waals surface area contributed by atoms with Crippen LogP contribution in [0.25, 0.3) is 0 Å². The SMILES string of the molecule is CC(O)c1cccc(C=O)c1C=O. The maximum absolute atomic E-state index is 10.6. The molecule has 0 fully saturated rings. The average Bonchev–Trinajstić information content (AvgIpc) is 2.16. The minimum atomic E-state index is -0.736. The smallest absolute Gasteiger partial charge is 0.151 e. The summed E-state index contributed by atoms with van der Waals surface area (Å²) in [5.41, 5.74) is 1.07. The van der Waals surface area contributed by atoms with E-state index in [1.807, 2.05) is 0 Å². The highest BCUT2D eigenvalue weighted by Gasteiger charge is 2.10. The summed E-state index contributed by atoms with van der Waals surface area (Å²) in [5.74, 6) is 0. The van der Waals surface area contributed by atoms with E-state index in [1.165, 1.54) is 0 Å². The predicted molar refractivity (Wildman–Crippen MR) is 47.9 cm³/mol. The van der Waals surface area contributed by atoms with Crippen molar-refractivity contribution in [1.82, 2.24) is 0 Å². The van der Waals surface area contributed by atoms with E-state index in [2.05, 4.69) is 0 Å². The summed E-state index contributed by atoms with van der Waals surface area (Å²) in [7, 11) is 0. The lowest BCUT2D eigenvalue weighted by Gasteiger charge is -2.08. The van der Waals surface area contributed by atoms with Crippen LogP contribution in [0.5, 0.6) is 0 Å². The Kier molecular flexibility index (Phi) is 2.93. The van der Waals surface area contributed by atoms with Crippen molar-refractivity contribution in [1.29, 1.82) is 0 Å². The zero-order valence-electron chi connectivity index (χ0n) is 7.23. The van der Waals surface area contributed by atoms with Gasteiger partial charge in [-0.05, 0) is 12.5 Å². The number of hydrogen-bond donors (Lipinski definition) is 1. The van der Waals surface area contributed by atoms with Crippen LogP contribution in [0.15, 0.2) is 18.2 Å². The largest absolute Gasteiger partial charge is 0.389 e. The molecule has 0 bridgehead atoms. The van der Waals surface area contributed by atoms with E-state index >= 15 is 0 Å². The Bertz CT molecular complexity index is 329. The van der Waals surface area contributed by atoms with E-state index in [1.54, 1.807) is 25.1 Å². The first-order valence-corrected chi connectivity index (χ1v) is 3.92. The topological polar surface area (TPSA) is 54.4 Å². The molecule has 68 valence electrons. The van der Waals surface area contributed by atoms with Gasteiger partial charge in [-0.15, -0.1) is 0 Å². The van der Waals surface area contributed by atoms with Crippen molar-refractivity contribution in [2.45, 2.75) is 13.0 Å². The lowest BCUT2D eigenvalue weighted by atomic mass is 9.99. The first kappa shape index (κ1) is 9.61. The fraction of sp³-hybridized carbons (Fsp3) is 0.200. The number of aliphatic hydroxyl groups is 1. The standard InChI is InChI=1S/C10H10O3/c1-7(13)9-4-2-3-8(5-11)10(9)6-12/h2-7,13H,1H3. The summed E-state index contributed by atoms with van der Waals surface area (Å²) in [4.78, 5) is 21.2. The molecule has 0 heterocycles.